The lowest BCUT2D eigenvalue weighted by atomic mass is 9.94. The van der Waals surface area contributed by atoms with Crippen molar-refractivity contribution >= 4 is 0 Å². The van der Waals surface area contributed by atoms with Crippen LogP contribution in [-0.2, 0) is 0 Å². The van der Waals surface area contributed by atoms with E-state index < -0.39 is 0 Å². The predicted octanol–water partition coefficient (Wildman–Crippen LogP) is 3.79. The number of unbranched alkanes of at least 4 members (excludes halogenated alkanes) is 1. The van der Waals surface area contributed by atoms with Gasteiger partial charge in [-0.2, -0.15) is 0 Å². The monoisotopic (exact) mass is 241 g/mol. The summed E-state index contributed by atoms with van der Waals surface area (Å²) in [5.41, 5.74) is 0. The average Bonchev–Trinajstić information content (AvgIpc) is 2.55. The van der Waals surface area contributed by atoms with Crippen molar-refractivity contribution in [2.24, 2.45) is 5.92 Å². The summed E-state index contributed by atoms with van der Waals surface area (Å²) in [6, 6.07) is 0.610. The Balaban J connectivity index is 2.64. The van der Waals surface area contributed by atoms with Crippen LogP contribution in [0.3, 0.4) is 0 Å². The van der Waals surface area contributed by atoms with E-state index in [-0.39, 0.29) is 6.23 Å². The lowest BCUT2D eigenvalue weighted by Gasteiger charge is -2.38. The van der Waals surface area contributed by atoms with E-state index in [1.165, 1.54) is 44.9 Å². The third kappa shape index (κ3) is 4.59. The third-order valence-corrected chi connectivity index (χ3v) is 4.26. The van der Waals surface area contributed by atoms with E-state index in [0.29, 0.717) is 6.04 Å². The lowest BCUT2D eigenvalue weighted by Crippen LogP contribution is -2.46. The summed E-state index contributed by atoms with van der Waals surface area (Å²) < 4.78 is 0. The van der Waals surface area contributed by atoms with E-state index >= 15 is 0 Å². The van der Waals surface area contributed by atoms with E-state index in [1.54, 1.807) is 0 Å². The van der Waals surface area contributed by atoms with Crippen LogP contribution in [0.5, 0.6) is 0 Å². The van der Waals surface area contributed by atoms with Crippen LogP contribution in [0, 0.1) is 5.92 Å². The fraction of sp³-hybridized carbons (Fsp3) is 1.00. The van der Waals surface area contributed by atoms with E-state index in [2.05, 4.69) is 25.7 Å². The van der Waals surface area contributed by atoms with Gasteiger partial charge in [-0.15, -0.1) is 0 Å². The topological polar surface area (TPSA) is 23.5 Å². The van der Waals surface area contributed by atoms with Crippen molar-refractivity contribution in [1.29, 1.82) is 0 Å². The minimum atomic E-state index is -0.230. The average molecular weight is 241 g/mol. The summed E-state index contributed by atoms with van der Waals surface area (Å²) in [7, 11) is 0. The summed E-state index contributed by atoms with van der Waals surface area (Å²) >= 11 is 0. The van der Waals surface area contributed by atoms with Gasteiger partial charge in [0.25, 0.3) is 0 Å². The molecule has 0 aromatic rings. The highest BCUT2D eigenvalue weighted by molar-refractivity contribution is 4.81. The summed E-state index contributed by atoms with van der Waals surface area (Å²) in [5, 5.41) is 10.2. The van der Waals surface area contributed by atoms with Crippen LogP contribution < -0.4 is 0 Å². The van der Waals surface area contributed by atoms with Gasteiger partial charge in [-0.1, -0.05) is 46.5 Å². The molecule has 0 radical (unpaired) electrons. The molecule has 1 aliphatic carbocycles. The Kier molecular flexibility index (Phi) is 7.14. The zero-order valence-electron chi connectivity index (χ0n) is 12.0. The minimum Gasteiger partial charge on any atom is -0.378 e. The molecule has 102 valence electrons. The van der Waals surface area contributed by atoms with E-state index in [1.807, 2.05) is 0 Å². The predicted molar refractivity (Wildman–Crippen MR) is 73.9 cm³/mol. The molecule has 0 aromatic carbocycles. The summed E-state index contributed by atoms with van der Waals surface area (Å²) in [5.74, 6) is 0.746. The first-order valence-electron chi connectivity index (χ1n) is 7.64. The largest absolute Gasteiger partial charge is 0.378 e. The normalized spacial score (nSPS) is 28.1. The maximum Gasteiger partial charge on any atom is 0.107 e. The molecule has 0 spiro atoms. The number of aliphatic hydroxyl groups excluding tert-OH is 1. The summed E-state index contributed by atoms with van der Waals surface area (Å²) in [6.45, 7) is 7.76. The van der Waals surface area contributed by atoms with Crippen molar-refractivity contribution in [2.45, 2.75) is 84.4 Å². The van der Waals surface area contributed by atoms with Gasteiger partial charge < -0.3 is 5.11 Å². The Morgan fingerprint density at radius 1 is 1.18 bits per heavy atom. The van der Waals surface area contributed by atoms with Crippen LogP contribution in [0.2, 0.25) is 0 Å². The number of rotatable bonds is 6. The van der Waals surface area contributed by atoms with Crippen molar-refractivity contribution in [1.82, 2.24) is 4.90 Å². The Morgan fingerprint density at radius 3 is 2.53 bits per heavy atom. The molecule has 0 heterocycles. The maximum absolute atomic E-state index is 10.2. The van der Waals surface area contributed by atoms with Gasteiger partial charge in [-0.25, -0.2) is 0 Å². The summed E-state index contributed by atoms with van der Waals surface area (Å²) in [6.07, 6.45) is 9.76. The third-order valence-electron chi connectivity index (χ3n) is 4.26. The molecule has 0 aliphatic heterocycles. The fourth-order valence-corrected chi connectivity index (χ4v) is 3.08. The van der Waals surface area contributed by atoms with Gasteiger partial charge in [0, 0.05) is 12.6 Å². The van der Waals surface area contributed by atoms with Gasteiger partial charge >= 0.3 is 0 Å². The van der Waals surface area contributed by atoms with Crippen LogP contribution in [0.25, 0.3) is 0 Å². The van der Waals surface area contributed by atoms with E-state index in [9.17, 15) is 5.11 Å². The molecule has 3 atom stereocenters. The van der Waals surface area contributed by atoms with Gasteiger partial charge in [0.05, 0.1) is 0 Å². The smallest absolute Gasteiger partial charge is 0.107 e. The lowest BCUT2D eigenvalue weighted by molar-refractivity contribution is -0.0437. The highest BCUT2D eigenvalue weighted by Crippen LogP contribution is 2.28. The molecule has 1 N–H and O–H groups in total. The molecule has 0 aromatic heterocycles. The molecular formula is C15H31NO. The molecule has 2 heteroatoms. The highest BCUT2D eigenvalue weighted by atomic mass is 16.3. The van der Waals surface area contributed by atoms with E-state index in [4.69, 9.17) is 0 Å². The van der Waals surface area contributed by atoms with Crippen LogP contribution in [0.4, 0.5) is 0 Å². The molecule has 0 saturated heterocycles. The van der Waals surface area contributed by atoms with Crippen molar-refractivity contribution < 1.29 is 5.11 Å². The Hall–Kier alpha value is -0.0800. The zero-order valence-corrected chi connectivity index (χ0v) is 12.0. The molecule has 2 nitrogen and oxygen atoms in total. The van der Waals surface area contributed by atoms with Gasteiger partial charge in [0.15, 0.2) is 0 Å². The van der Waals surface area contributed by atoms with Crippen LogP contribution >= 0.6 is 0 Å². The van der Waals surface area contributed by atoms with Gasteiger partial charge in [-0.3, -0.25) is 4.90 Å². The molecule has 1 saturated carbocycles. The van der Waals surface area contributed by atoms with E-state index in [0.717, 1.165) is 18.9 Å². The SMILES string of the molecule is CCCCN(C(O)CC)C1CCCCCC1C. The zero-order chi connectivity index (χ0) is 12.7. The van der Waals surface area contributed by atoms with Crippen LogP contribution in [-0.4, -0.2) is 28.8 Å². The molecule has 1 aliphatic rings. The molecular weight excluding hydrogens is 210 g/mol. The number of hydrogen-bond acceptors (Lipinski definition) is 2. The second kappa shape index (κ2) is 8.10. The second-order valence-corrected chi connectivity index (χ2v) is 5.66. The quantitative estimate of drug-likeness (QED) is 0.565. The molecule has 1 rings (SSSR count). The second-order valence-electron chi connectivity index (χ2n) is 5.66. The van der Waals surface area contributed by atoms with Gasteiger partial charge in [0.2, 0.25) is 0 Å². The molecule has 0 bridgehead atoms. The first kappa shape index (κ1) is 15.0. The highest BCUT2D eigenvalue weighted by Gasteiger charge is 2.28. The Labute approximate surface area is 107 Å². The summed E-state index contributed by atoms with van der Waals surface area (Å²) in [4.78, 5) is 2.39. The Morgan fingerprint density at radius 2 is 1.88 bits per heavy atom. The van der Waals surface area contributed by atoms with Crippen molar-refractivity contribution in [3.63, 3.8) is 0 Å². The number of nitrogens with zero attached hydrogens (tertiary/aromatic N) is 1. The Bertz CT molecular complexity index is 195. The minimum absolute atomic E-state index is 0.230. The number of aliphatic hydroxyl groups is 1. The molecule has 17 heavy (non-hydrogen) atoms. The van der Waals surface area contributed by atoms with Gasteiger partial charge in [0.1, 0.15) is 6.23 Å². The van der Waals surface area contributed by atoms with Crippen molar-refractivity contribution in [3.05, 3.63) is 0 Å². The molecule has 0 amide bonds. The van der Waals surface area contributed by atoms with Crippen molar-refractivity contribution in [3.8, 4) is 0 Å². The fourth-order valence-electron chi connectivity index (χ4n) is 3.08. The molecule has 3 unspecified atom stereocenters. The van der Waals surface area contributed by atoms with Crippen LogP contribution in [0.15, 0.2) is 0 Å². The first-order valence-corrected chi connectivity index (χ1v) is 7.64. The van der Waals surface area contributed by atoms with Crippen molar-refractivity contribution in [2.75, 3.05) is 6.54 Å². The van der Waals surface area contributed by atoms with Gasteiger partial charge in [-0.05, 0) is 31.6 Å². The first-order chi connectivity index (χ1) is 8.20. The molecule has 1 fully saturated rings. The maximum atomic E-state index is 10.2. The number of hydrogen-bond donors (Lipinski definition) is 1. The standard InChI is InChI=1S/C15H31NO/c1-4-6-12-16(15(17)5-2)14-11-9-7-8-10-13(14)3/h13-15,17H,4-12H2,1-3H3. The van der Waals surface area contributed by atoms with Crippen LogP contribution in [0.1, 0.15) is 72.1 Å².